The predicted octanol–water partition coefficient (Wildman–Crippen LogP) is 1.81. The van der Waals surface area contributed by atoms with Gasteiger partial charge in [-0.1, -0.05) is 0 Å². The van der Waals surface area contributed by atoms with Crippen LogP contribution < -0.4 is 11.1 Å². The summed E-state index contributed by atoms with van der Waals surface area (Å²) >= 11 is 1.36. The molecule has 0 bridgehead atoms. The van der Waals surface area contributed by atoms with Crippen molar-refractivity contribution in [3.8, 4) is 0 Å². The van der Waals surface area contributed by atoms with Crippen molar-refractivity contribution in [3.63, 3.8) is 0 Å². The number of rotatable bonds is 7. The highest BCUT2D eigenvalue weighted by atomic mass is 35.5. The molecule has 3 N–H and O–H groups in total. The van der Waals surface area contributed by atoms with Gasteiger partial charge < -0.3 is 16.0 Å². The van der Waals surface area contributed by atoms with E-state index in [1.807, 2.05) is 6.92 Å². The molecule has 150 valence electrons. The molecular weight excluding hydrogens is 392 g/mol. The Morgan fingerprint density at radius 3 is 2.67 bits per heavy atom. The standard InChI is InChI=1S/C17H24N4O4S.ClH/c1-12(26-15-6-4-14(5-7-15)21(24)25)17(23)20-10-2-3-13(11-20)16(22)19-9-8-18;/h4-7,12-13H,2-3,8-11,18H2,1H3,(H,19,22);1H. The highest BCUT2D eigenvalue weighted by molar-refractivity contribution is 8.00. The highest BCUT2D eigenvalue weighted by Crippen LogP contribution is 2.27. The number of amides is 2. The molecule has 0 aromatic heterocycles. The van der Waals surface area contributed by atoms with Crippen molar-refractivity contribution in [2.75, 3.05) is 26.2 Å². The molecule has 1 aromatic carbocycles. The van der Waals surface area contributed by atoms with Crippen molar-refractivity contribution in [1.29, 1.82) is 0 Å². The fourth-order valence-corrected chi connectivity index (χ4v) is 3.84. The Morgan fingerprint density at radius 2 is 2.07 bits per heavy atom. The molecule has 1 aromatic rings. The smallest absolute Gasteiger partial charge is 0.269 e. The molecule has 1 aliphatic heterocycles. The molecule has 27 heavy (non-hydrogen) atoms. The van der Waals surface area contributed by atoms with Crippen LogP contribution in [0.5, 0.6) is 0 Å². The molecule has 0 radical (unpaired) electrons. The number of non-ortho nitro benzene ring substituents is 1. The minimum atomic E-state index is -0.452. The third kappa shape index (κ3) is 6.67. The highest BCUT2D eigenvalue weighted by Gasteiger charge is 2.30. The number of hydrogen-bond acceptors (Lipinski definition) is 6. The number of nitro groups is 1. The molecule has 0 saturated carbocycles. The molecule has 2 amide bonds. The van der Waals surface area contributed by atoms with Crippen molar-refractivity contribution in [3.05, 3.63) is 34.4 Å². The molecule has 0 aliphatic carbocycles. The van der Waals surface area contributed by atoms with Crippen LogP contribution in [0.3, 0.4) is 0 Å². The summed E-state index contributed by atoms with van der Waals surface area (Å²) in [6.07, 6.45) is 1.56. The van der Waals surface area contributed by atoms with Gasteiger partial charge in [-0.15, -0.1) is 24.2 Å². The van der Waals surface area contributed by atoms with E-state index in [-0.39, 0.29) is 41.1 Å². The zero-order valence-corrected chi connectivity index (χ0v) is 16.8. The summed E-state index contributed by atoms with van der Waals surface area (Å²) in [6.45, 7) is 3.71. The molecule has 10 heteroatoms. The minimum Gasteiger partial charge on any atom is -0.355 e. The summed E-state index contributed by atoms with van der Waals surface area (Å²) in [5.41, 5.74) is 5.43. The van der Waals surface area contributed by atoms with Gasteiger partial charge in [-0.2, -0.15) is 0 Å². The number of thioether (sulfide) groups is 1. The normalized spacial score (nSPS) is 17.6. The van der Waals surface area contributed by atoms with E-state index in [2.05, 4.69) is 5.32 Å². The molecule has 0 spiro atoms. The van der Waals surface area contributed by atoms with Gasteiger partial charge in [0, 0.05) is 43.2 Å². The first kappa shape index (κ1) is 23.2. The van der Waals surface area contributed by atoms with Crippen LogP contribution in [0, 0.1) is 16.0 Å². The third-order valence-corrected chi connectivity index (χ3v) is 5.36. The molecule has 2 atom stereocenters. The van der Waals surface area contributed by atoms with Gasteiger partial charge in [-0.25, -0.2) is 0 Å². The number of nitro benzene ring substituents is 1. The van der Waals surface area contributed by atoms with Crippen molar-refractivity contribution in [2.24, 2.45) is 11.7 Å². The van der Waals surface area contributed by atoms with E-state index in [1.54, 1.807) is 17.0 Å². The Hall–Kier alpha value is -1.84. The van der Waals surface area contributed by atoms with Gasteiger partial charge in [-0.05, 0) is 31.9 Å². The largest absolute Gasteiger partial charge is 0.355 e. The summed E-state index contributed by atoms with van der Waals surface area (Å²) in [5, 5.41) is 13.2. The van der Waals surface area contributed by atoms with Crippen LogP contribution in [0.1, 0.15) is 19.8 Å². The lowest BCUT2D eigenvalue weighted by Gasteiger charge is -2.33. The fraction of sp³-hybridized carbons (Fsp3) is 0.529. The molecule has 1 aliphatic rings. The zero-order chi connectivity index (χ0) is 19.1. The minimum absolute atomic E-state index is 0. The molecule has 1 heterocycles. The van der Waals surface area contributed by atoms with Crippen molar-refractivity contribution in [2.45, 2.75) is 29.9 Å². The number of hydrogen-bond donors (Lipinski definition) is 2. The second kappa shape index (κ2) is 11.1. The van der Waals surface area contributed by atoms with Gasteiger partial charge in [0.15, 0.2) is 0 Å². The number of carbonyl (C=O) groups is 2. The van der Waals surface area contributed by atoms with E-state index in [4.69, 9.17) is 5.73 Å². The first-order valence-electron chi connectivity index (χ1n) is 8.60. The number of nitrogens with zero attached hydrogens (tertiary/aromatic N) is 2. The van der Waals surface area contributed by atoms with E-state index in [0.717, 1.165) is 17.7 Å². The van der Waals surface area contributed by atoms with Crippen molar-refractivity contribution < 1.29 is 14.5 Å². The Kier molecular flexibility index (Phi) is 9.54. The van der Waals surface area contributed by atoms with Crippen LogP contribution in [0.25, 0.3) is 0 Å². The van der Waals surface area contributed by atoms with Gasteiger partial charge in [0.2, 0.25) is 11.8 Å². The van der Waals surface area contributed by atoms with Crippen LogP contribution in [-0.4, -0.2) is 53.1 Å². The molecule has 8 nitrogen and oxygen atoms in total. The Morgan fingerprint density at radius 1 is 1.41 bits per heavy atom. The quantitative estimate of drug-likeness (QED) is 0.397. The lowest BCUT2D eigenvalue weighted by molar-refractivity contribution is -0.384. The predicted molar refractivity (Wildman–Crippen MR) is 107 cm³/mol. The van der Waals surface area contributed by atoms with E-state index >= 15 is 0 Å². The number of nitrogens with two attached hydrogens (primary N) is 1. The number of carbonyl (C=O) groups excluding carboxylic acids is 2. The van der Waals surface area contributed by atoms with Gasteiger partial charge >= 0.3 is 0 Å². The van der Waals surface area contributed by atoms with Crippen LogP contribution in [0.4, 0.5) is 5.69 Å². The maximum atomic E-state index is 12.7. The zero-order valence-electron chi connectivity index (χ0n) is 15.1. The summed E-state index contributed by atoms with van der Waals surface area (Å²) in [4.78, 5) is 37.6. The van der Waals surface area contributed by atoms with E-state index in [0.29, 0.717) is 26.2 Å². The lowest BCUT2D eigenvalue weighted by atomic mass is 9.97. The van der Waals surface area contributed by atoms with Crippen LogP contribution in [0.2, 0.25) is 0 Å². The monoisotopic (exact) mass is 416 g/mol. The molecule has 1 saturated heterocycles. The Bertz CT molecular complexity index is 659. The molecule has 2 unspecified atom stereocenters. The van der Waals surface area contributed by atoms with Gasteiger partial charge in [0.05, 0.1) is 16.1 Å². The van der Waals surface area contributed by atoms with Crippen molar-refractivity contribution >= 4 is 41.7 Å². The maximum Gasteiger partial charge on any atom is 0.269 e. The lowest BCUT2D eigenvalue weighted by Crippen LogP contribution is -2.48. The number of piperidine rings is 1. The van der Waals surface area contributed by atoms with E-state index < -0.39 is 4.92 Å². The third-order valence-electron chi connectivity index (χ3n) is 4.26. The van der Waals surface area contributed by atoms with Crippen LogP contribution in [-0.2, 0) is 9.59 Å². The Balaban J connectivity index is 0.00000364. The fourth-order valence-electron chi connectivity index (χ4n) is 2.89. The summed E-state index contributed by atoms with van der Waals surface area (Å²) in [7, 11) is 0. The number of likely N-dealkylation sites (tertiary alicyclic amines) is 1. The van der Waals surface area contributed by atoms with E-state index in [9.17, 15) is 19.7 Å². The van der Waals surface area contributed by atoms with Crippen LogP contribution in [0.15, 0.2) is 29.2 Å². The first-order valence-corrected chi connectivity index (χ1v) is 9.48. The average molecular weight is 417 g/mol. The number of benzene rings is 1. The average Bonchev–Trinajstić information content (AvgIpc) is 2.65. The summed E-state index contributed by atoms with van der Waals surface area (Å²) in [6, 6.07) is 6.15. The van der Waals surface area contributed by atoms with Gasteiger partial charge in [-0.3, -0.25) is 19.7 Å². The molecule has 1 fully saturated rings. The number of nitrogens with one attached hydrogen (secondary N) is 1. The maximum absolute atomic E-state index is 12.7. The second-order valence-electron chi connectivity index (χ2n) is 6.21. The SMILES string of the molecule is CC(Sc1ccc([N+](=O)[O-])cc1)C(=O)N1CCCC(C(=O)NCCN)C1.Cl. The van der Waals surface area contributed by atoms with Crippen molar-refractivity contribution in [1.82, 2.24) is 10.2 Å². The van der Waals surface area contributed by atoms with E-state index in [1.165, 1.54) is 23.9 Å². The topological polar surface area (TPSA) is 119 Å². The summed E-state index contributed by atoms with van der Waals surface area (Å²) in [5.74, 6) is -0.274. The molecule has 2 rings (SSSR count). The van der Waals surface area contributed by atoms with Crippen LogP contribution >= 0.6 is 24.2 Å². The number of halogens is 1. The Labute approximate surface area is 168 Å². The van der Waals surface area contributed by atoms with Gasteiger partial charge in [0.25, 0.3) is 5.69 Å². The second-order valence-corrected chi connectivity index (χ2v) is 7.63. The first-order chi connectivity index (χ1) is 12.4. The molecular formula is C17H25ClN4O4S. The summed E-state index contributed by atoms with van der Waals surface area (Å²) < 4.78 is 0. The van der Waals surface area contributed by atoms with Gasteiger partial charge in [0.1, 0.15) is 0 Å².